The van der Waals surface area contributed by atoms with E-state index in [1.165, 1.54) is 16.8 Å². The average Bonchev–Trinajstić information content (AvgIpc) is 2.84. The molecule has 112 valence electrons. The smallest absolute Gasteiger partial charge is 0.0589 e. The Morgan fingerprint density at radius 3 is 2.90 bits per heavy atom. The van der Waals surface area contributed by atoms with Crippen LogP contribution >= 0.6 is 0 Å². The molecular formula is C16H27N3O. The van der Waals surface area contributed by atoms with E-state index < -0.39 is 0 Å². The molecule has 0 fully saturated rings. The van der Waals surface area contributed by atoms with Crippen LogP contribution in [0.2, 0.25) is 0 Å². The van der Waals surface area contributed by atoms with E-state index in [-0.39, 0.29) is 6.04 Å². The predicted molar refractivity (Wildman–Crippen MR) is 84.3 cm³/mol. The van der Waals surface area contributed by atoms with Crippen LogP contribution in [-0.4, -0.2) is 51.8 Å². The number of methoxy groups -OCH3 is 1. The quantitative estimate of drug-likeness (QED) is 0.823. The fourth-order valence-corrected chi connectivity index (χ4v) is 3.03. The molecule has 4 heteroatoms. The van der Waals surface area contributed by atoms with E-state index >= 15 is 0 Å². The third-order valence-electron chi connectivity index (χ3n) is 4.27. The molecule has 20 heavy (non-hydrogen) atoms. The van der Waals surface area contributed by atoms with E-state index in [2.05, 4.69) is 42.0 Å². The molecule has 1 atom stereocenters. The Balaban J connectivity index is 2.18. The van der Waals surface area contributed by atoms with Gasteiger partial charge in [0.1, 0.15) is 0 Å². The number of fused-ring (bicyclic) bond motifs is 1. The van der Waals surface area contributed by atoms with Gasteiger partial charge in [0, 0.05) is 45.5 Å². The highest BCUT2D eigenvalue weighted by Crippen LogP contribution is 2.30. The first-order valence-electron chi connectivity index (χ1n) is 7.48. The third kappa shape index (κ3) is 3.14. The second-order valence-corrected chi connectivity index (χ2v) is 5.43. The van der Waals surface area contributed by atoms with E-state index in [9.17, 15) is 0 Å². The number of likely N-dealkylation sites (N-methyl/N-ethyl adjacent to an activating group) is 2. The van der Waals surface area contributed by atoms with Crippen LogP contribution in [-0.2, 0) is 11.2 Å². The molecule has 1 aromatic rings. The minimum Gasteiger partial charge on any atom is -0.383 e. The van der Waals surface area contributed by atoms with Crippen LogP contribution in [0.4, 0.5) is 5.69 Å². The lowest BCUT2D eigenvalue weighted by atomic mass is 10.0. The van der Waals surface area contributed by atoms with Crippen molar-refractivity contribution in [1.29, 1.82) is 0 Å². The number of nitrogens with zero attached hydrogens (tertiary/aromatic N) is 2. The van der Waals surface area contributed by atoms with Crippen LogP contribution in [0.5, 0.6) is 0 Å². The molecule has 0 spiro atoms. The molecule has 0 saturated heterocycles. The molecule has 0 saturated carbocycles. The first-order chi connectivity index (χ1) is 9.71. The zero-order valence-corrected chi connectivity index (χ0v) is 12.9. The molecule has 1 heterocycles. The largest absolute Gasteiger partial charge is 0.383 e. The number of hydrogen-bond donors (Lipinski definition) is 1. The summed E-state index contributed by atoms with van der Waals surface area (Å²) in [5.41, 5.74) is 10.2. The highest BCUT2D eigenvalue weighted by molar-refractivity contribution is 5.58. The lowest BCUT2D eigenvalue weighted by Crippen LogP contribution is -2.36. The highest BCUT2D eigenvalue weighted by atomic mass is 16.5. The second kappa shape index (κ2) is 7.07. The first-order valence-corrected chi connectivity index (χ1v) is 7.48. The van der Waals surface area contributed by atoms with Crippen molar-refractivity contribution in [2.24, 2.45) is 5.73 Å². The fraction of sp³-hybridized carbons (Fsp3) is 0.625. The number of ether oxygens (including phenoxy) is 1. The SMILES string of the molecule is CCN(CCOC)C(CN)c1ccc2c(c1)CCN2C. The molecule has 0 amide bonds. The van der Waals surface area contributed by atoms with Crippen molar-refractivity contribution in [1.82, 2.24) is 4.90 Å². The van der Waals surface area contributed by atoms with Crippen molar-refractivity contribution in [3.05, 3.63) is 29.3 Å². The van der Waals surface area contributed by atoms with Gasteiger partial charge in [0.25, 0.3) is 0 Å². The molecule has 1 aromatic carbocycles. The van der Waals surface area contributed by atoms with Gasteiger partial charge in [-0.1, -0.05) is 19.1 Å². The molecule has 0 bridgehead atoms. The van der Waals surface area contributed by atoms with Crippen molar-refractivity contribution in [3.8, 4) is 0 Å². The van der Waals surface area contributed by atoms with Gasteiger partial charge in [-0.05, 0) is 30.2 Å². The van der Waals surface area contributed by atoms with Crippen LogP contribution in [0.15, 0.2) is 18.2 Å². The van der Waals surface area contributed by atoms with E-state index in [0.29, 0.717) is 6.54 Å². The van der Waals surface area contributed by atoms with Gasteiger partial charge < -0.3 is 15.4 Å². The normalized spacial score (nSPS) is 15.8. The minimum atomic E-state index is 0.284. The molecular weight excluding hydrogens is 250 g/mol. The molecule has 0 aliphatic carbocycles. The van der Waals surface area contributed by atoms with Crippen LogP contribution in [0.25, 0.3) is 0 Å². The Bertz CT molecular complexity index is 436. The molecule has 4 nitrogen and oxygen atoms in total. The number of nitrogens with two attached hydrogens (primary N) is 1. The summed E-state index contributed by atoms with van der Waals surface area (Å²) in [6.07, 6.45) is 1.14. The summed E-state index contributed by atoms with van der Waals surface area (Å²) in [7, 11) is 3.90. The standard InChI is InChI=1S/C16H27N3O/c1-4-19(9-10-20-3)16(12-17)13-5-6-15-14(11-13)7-8-18(15)2/h5-6,11,16H,4,7-10,12,17H2,1-3H3. The second-order valence-electron chi connectivity index (χ2n) is 5.43. The summed E-state index contributed by atoms with van der Waals surface area (Å²) in [6, 6.07) is 7.09. The molecule has 1 aliphatic heterocycles. The van der Waals surface area contributed by atoms with Crippen molar-refractivity contribution >= 4 is 5.69 Å². The summed E-state index contributed by atoms with van der Waals surface area (Å²) in [6.45, 7) is 6.60. The molecule has 0 radical (unpaired) electrons. The van der Waals surface area contributed by atoms with Crippen LogP contribution in [0.1, 0.15) is 24.1 Å². The highest BCUT2D eigenvalue weighted by Gasteiger charge is 2.21. The van der Waals surface area contributed by atoms with Crippen LogP contribution in [0.3, 0.4) is 0 Å². The van der Waals surface area contributed by atoms with Gasteiger partial charge in [-0.15, -0.1) is 0 Å². The number of hydrogen-bond acceptors (Lipinski definition) is 4. The molecule has 1 unspecified atom stereocenters. The summed E-state index contributed by atoms with van der Waals surface area (Å²) >= 11 is 0. The Labute approximate surface area is 122 Å². The van der Waals surface area contributed by atoms with Gasteiger partial charge >= 0.3 is 0 Å². The van der Waals surface area contributed by atoms with Gasteiger partial charge in [-0.25, -0.2) is 0 Å². The summed E-state index contributed by atoms with van der Waals surface area (Å²) in [4.78, 5) is 4.71. The predicted octanol–water partition coefficient (Wildman–Crippen LogP) is 1.65. The number of rotatable bonds is 7. The van der Waals surface area contributed by atoms with Crippen molar-refractivity contribution in [2.75, 3.05) is 51.8 Å². The monoisotopic (exact) mass is 277 g/mol. The van der Waals surface area contributed by atoms with Gasteiger partial charge in [0.15, 0.2) is 0 Å². The first kappa shape index (κ1) is 15.3. The third-order valence-corrected chi connectivity index (χ3v) is 4.27. The topological polar surface area (TPSA) is 41.7 Å². The lowest BCUT2D eigenvalue weighted by Gasteiger charge is -2.30. The maximum atomic E-state index is 6.03. The lowest BCUT2D eigenvalue weighted by molar-refractivity contribution is 0.125. The Morgan fingerprint density at radius 1 is 1.45 bits per heavy atom. The summed E-state index contributed by atoms with van der Waals surface area (Å²) in [5.74, 6) is 0. The number of anilines is 1. The van der Waals surface area contributed by atoms with Crippen molar-refractivity contribution < 1.29 is 4.74 Å². The average molecular weight is 277 g/mol. The van der Waals surface area contributed by atoms with E-state index in [0.717, 1.165) is 32.7 Å². The van der Waals surface area contributed by atoms with E-state index in [1.54, 1.807) is 7.11 Å². The summed E-state index contributed by atoms with van der Waals surface area (Å²) < 4.78 is 5.20. The zero-order valence-electron chi connectivity index (χ0n) is 12.9. The zero-order chi connectivity index (χ0) is 14.5. The Kier molecular flexibility index (Phi) is 5.40. The van der Waals surface area contributed by atoms with Gasteiger partial charge in [0.05, 0.1) is 6.61 Å². The number of benzene rings is 1. The van der Waals surface area contributed by atoms with E-state index in [1.807, 2.05) is 0 Å². The van der Waals surface area contributed by atoms with Crippen LogP contribution in [0, 0.1) is 0 Å². The summed E-state index contributed by atoms with van der Waals surface area (Å²) in [5, 5.41) is 0. The van der Waals surface area contributed by atoms with E-state index in [4.69, 9.17) is 10.5 Å². The Hall–Kier alpha value is -1.10. The van der Waals surface area contributed by atoms with Crippen molar-refractivity contribution in [2.45, 2.75) is 19.4 Å². The Morgan fingerprint density at radius 2 is 2.25 bits per heavy atom. The minimum absolute atomic E-state index is 0.284. The molecule has 2 N–H and O–H groups in total. The van der Waals surface area contributed by atoms with Gasteiger partial charge in [-0.3, -0.25) is 4.90 Å². The van der Waals surface area contributed by atoms with Gasteiger partial charge in [-0.2, -0.15) is 0 Å². The van der Waals surface area contributed by atoms with Crippen molar-refractivity contribution in [3.63, 3.8) is 0 Å². The van der Waals surface area contributed by atoms with Crippen LogP contribution < -0.4 is 10.6 Å². The fourth-order valence-electron chi connectivity index (χ4n) is 3.03. The maximum Gasteiger partial charge on any atom is 0.0589 e. The molecule has 1 aliphatic rings. The maximum absolute atomic E-state index is 6.03. The van der Waals surface area contributed by atoms with Gasteiger partial charge in [0.2, 0.25) is 0 Å². The molecule has 2 rings (SSSR count). The molecule has 0 aromatic heterocycles.